The molecule has 1 N–H and O–H groups in total. The highest BCUT2D eigenvalue weighted by molar-refractivity contribution is 7.90. The number of thiocarbonyl (C=S) groups is 1. The summed E-state index contributed by atoms with van der Waals surface area (Å²) >= 11 is 5.47. The van der Waals surface area contributed by atoms with Gasteiger partial charge in [0.2, 0.25) is 5.91 Å². The maximum absolute atomic E-state index is 13.0. The second-order valence-corrected chi connectivity index (χ2v) is 10.8. The van der Waals surface area contributed by atoms with Crippen molar-refractivity contribution in [2.24, 2.45) is 11.4 Å². The lowest BCUT2D eigenvalue weighted by atomic mass is 10.1. The number of nitrogens with zero attached hydrogens (tertiary/aromatic N) is 5. The van der Waals surface area contributed by atoms with Crippen LogP contribution in [-0.2, 0) is 33.2 Å². The molecule has 0 spiro atoms. The van der Waals surface area contributed by atoms with Crippen LogP contribution in [0.4, 0.5) is 5.69 Å². The van der Waals surface area contributed by atoms with Gasteiger partial charge < -0.3 is 19.5 Å². The Morgan fingerprint density at radius 2 is 1.87 bits per heavy atom. The van der Waals surface area contributed by atoms with Crippen LogP contribution in [-0.4, -0.2) is 54.8 Å². The van der Waals surface area contributed by atoms with Gasteiger partial charge >= 0.3 is 0 Å². The highest BCUT2D eigenvalue weighted by Crippen LogP contribution is 2.22. The van der Waals surface area contributed by atoms with Crippen LogP contribution in [0.15, 0.2) is 62.3 Å². The summed E-state index contributed by atoms with van der Waals surface area (Å²) in [5.41, 5.74) is 1.45. The van der Waals surface area contributed by atoms with Crippen molar-refractivity contribution in [1.29, 1.82) is 0 Å². The molecule has 4 rings (SSSR count). The zero-order valence-electron chi connectivity index (χ0n) is 21.8. The van der Waals surface area contributed by atoms with E-state index in [1.54, 1.807) is 43.4 Å². The Morgan fingerprint density at radius 3 is 2.51 bits per heavy atom. The van der Waals surface area contributed by atoms with Gasteiger partial charge in [-0.25, -0.2) is 4.68 Å². The molecule has 12 nitrogen and oxygen atoms in total. The topological polar surface area (TPSA) is 140 Å². The third kappa shape index (κ3) is 6.17. The molecule has 1 fully saturated rings. The first kappa shape index (κ1) is 28.0. The van der Waals surface area contributed by atoms with Crippen LogP contribution in [0.1, 0.15) is 24.6 Å². The first-order valence-electron chi connectivity index (χ1n) is 12.0. The standard InChI is InChI=1S/C25H28N6O6S2/c1-5-36-18-10-8-17(9-11-18)26-22(32)14-20-24(33)29(3)25(38)31(20)15-21-23(37-28-30(21)4)27-39(34,35)19-12-6-16(2)7-13-19/h6-13,20H,5,14-15H2,1-4H3,(H,26,32)/b27-23-. The molecule has 2 heterocycles. The SMILES string of the molecule is CCOc1ccc(NC(=O)CC2C(=O)N(C)C(=S)N2Cc2/c(=N/S(=O)(=O)c3ccc(C)cc3)o[n-][n+]2C)cc1. The van der Waals surface area contributed by atoms with E-state index in [9.17, 15) is 18.0 Å². The zero-order valence-corrected chi connectivity index (χ0v) is 23.5. The summed E-state index contributed by atoms with van der Waals surface area (Å²) in [7, 11) is -1.04. The third-order valence-electron chi connectivity index (χ3n) is 6.08. The Bertz CT molecular complexity index is 1560. The molecule has 1 atom stereocenters. The van der Waals surface area contributed by atoms with Crippen molar-refractivity contribution in [1.82, 2.24) is 15.1 Å². The van der Waals surface area contributed by atoms with Crippen molar-refractivity contribution in [3.05, 3.63) is 65.3 Å². The van der Waals surface area contributed by atoms with Gasteiger partial charge in [-0.2, -0.15) is 8.42 Å². The predicted molar refractivity (Wildman–Crippen MR) is 143 cm³/mol. The number of likely N-dealkylation sites (N-methyl/N-ethyl adjacent to an activating group) is 1. The molecule has 1 saturated heterocycles. The average molecular weight is 573 g/mol. The van der Waals surface area contributed by atoms with Gasteiger partial charge in [-0.15, -0.1) is 4.40 Å². The van der Waals surface area contributed by atoms with Gasteiger partial charge in [0.05, 0.1) is 17.9 Å². The number of hydrogen-bond donors (Lipinski definition) is 1. The van der Waals surface area contributed by atoms with Crippen LogP contribution >= 0.6 is 12.2 Å². The number of ether oxygens (including phenoxy) is 1. The first-order chi connectivity index (χ1) is 18.5. The van der Waals surface area contributed by atoms with Crippen LogP contribution in [0.3, 0.4) is 0 Å². The third-order valence-corrected chi connectivity index (χ3v) is 7.86. The van der Waals surface area contributed by atoms with E-state index in [-0.39, 0.29) is 40.1 Å². The van der Waals surface area contributed by atoms with Crippen LogP contribution in [0.5, 0.6) is 5.75 Å². The molecule has 1 aromatic heterocycles. The Morgan fingerprint density at radius 1 is 1.21 bits per heavy atom. The molecular weight excluding hydrogens is 544 g/mol. The number of sulfonamides is 1. The molecule has 39 heavy (non-hydrogen) atoms. The second-order valence-electron chi connectivity index (χ2n) is 8.86. The fourth-order valence-electron chi connectivity index (χ4n) is 3.95. The molecule has 1 aliphatic heterocycles. The number of nitrogens with one attached hydrogen (secondary N) is 1. The van der Waals surface area contributed by atoms with E-state index < -0.39 is 22.0 Å². The van der Waals surface area contributed by atoms with Gasteiger partial charge in [-0.3, -0.25) is 19.8 Å². The Kier molecular flexibility index (Phi) is 8.16. The van der Waals surface area contributed by atoms with Gasteiger partial charge in [0.15, 0.2) is 5.11 Å². The Labute approximate surface area is 230 Å². The van der Waals surface area contributed by atoms with E-state index >= 15 is 0 Å². The number of rotatable bonds is 9. The van der Waals surface area contributed by atoms with Crippen molar-refractivity contribution in [3.63, 3.8) is 0 Å². The number of carbonyl (C=O) groups is 2. The number of hydrogen-bond acceptors (Lipinski definition) is 7. The number of aromatic nitrogens is 2. The normalized spacial score (nSPS) is 16.2. The number of amides is 2. The molecule has 0 aliphatic carbocycles. The van der Waals surface area contributed by atoms with Crippen molar-refractivity contribution in [2.75, 3.05) is 19.0 Å². The summed E-state index contributed by atoms with van der Waals surface area (Å²) in [4.78, 5) is 28.7. The summed E-state index contributed by atoms with van der Waals surface area (Å²) < 4.78 is 41.6. The van der Waals surface area contributed by atoms with Crippen LogP contribution < -0.4 is 25.6 Å². The first-order valence-corrected chi connectivity index (χ1v) is 13.9. The van der Waals surface area contributed by atoms with Crippen LogP contribution in [0.2, 0.25) is 0 Å². The minimum atomic E-state index is -4.11. The molecule has 3 aromatic rings. The molecule has 1 aliphatic rings. The summed E-state index contributed by atoms with van der Waals surface area (Å²) in [5.74, 6) is -0.0966. The number of carbonyl (C=O) groups excluding carboxylic acids is 2. The largest absolute Gasteiger partial charge is 0.494 e. The lowest BCUT2D eigenvalue weighted by Crippen LogP contribution is -2.45. The second kappa shape index (κ2) is 11.4. The van der Waals surface area contributed by atoms with Gasteiger partial charge in [-0.05, 0) is 62.5 Å². The molecule has 206 valence electrons. The predicted octanol–water partition coefficient (Wildman–Crippen LogP) is 1.01. The summed E-state index contributed by atoms with van der Waals surface area (Å²) in [6, 6.07) is 12.2. The van der Waals surface area contributed by atoms with Gasteiger partial charge in [-0.1, -0.05) is 17.7 Å². The Balaban J connectivity index is 1.57. The van der Waals surface area contributed by atoms with E-state index in [2.05, 4.69) is 15.0 Å². The number of anilines is 1. The monoisotopic (exact) mass is 572 g/mol. The van der Waals surface area contributed by atoms with Gasteiger partial charge in [0, 0.05) is 12.7 Å². The van der Waals surface area contributed by atoms with Gasteiger partial charge in [0.25, 0.3) is 27.2 Å². The summed E-state index contributed by atoms with van der Waals surface area (Å²) in [6.07, 6.45) is -0.195. The van der Waals surface area contributed by atoms with Crippen LogP contribution in [0, 0.1) is 6.92 Å². The molecule has 0 bridgehead atoms. The quantitative estimate of drug-likeness (QED) is 0.294. The molecule has 2 amide bonds. The molecular formula is C25H28N6O6S2. The molecule has 1 unspecified atom stereocenters. The molecule has 2 aromatic carbocycles. The van der Waals surface area contributed by atoms with Crippen molar-refractivity contribution < 1.29 is 31.9 Å². The van der Waals surface area contributed by atoms with Crippen molar-refractivity contribution in [2.45, 2.75) is 37.8 Å². The van der Waals surface area contributed by atoms with E-state index in [0.29, 0.717) is 18.0 Å². The highest BCUT2D eigenvalue weighted by atomic mass is 32.2. The van der Waals surface area contributed by atoms with Gasteiger partial charge in [0.1, 0.15) is 25.4 Å². The highest BCUT2D eigenvalue weighted by Gasteiger charge is 2.43. The fourth-order valence-corrected chi connectivity index (χ4v) is 5.18. The maximum atomic E-state index is 13.0. The summed E-state index contributed by atoms with van der Waals surface area (Å²) in [5, 5.41) is 6.75. The number of benzene rings is 2. The minimum Gasteiger partial charge on any atom is -0.494 e. The average Bonchev–Trinajstić information content (AvgIpc) is 3.32. The Hall–Kier alpha value is -4.04. The van der Waals surface area contributed by atoms with Crippen LogP contribution in [0.25, 0.3) is 0 Å². The lowest BCUT2D eigenvalue weighted by Gasteiger charge is -2.21. The minimum absolute atomic E-state index is 0.00598. The van der Waals surface area contributed by atoms with Crippen molar-refractivity contribution >= 4 is 44.9 Å². The molecule has 14 heteroatoms. The summed E-state index contributed by atoms with van der Waals surface area (Å²) in [6.45, 7) is 4.17. The zero-order chi connectivity index (χ0) is 28.3. The molecule has 0 radical (unpaired) electrons. The number of aryl methyl sites for hydroxylation is 2. The maximum Gasteiger partial charge on any atom is 0.289 e. The lowest BCUT2D eigenvalue weighted by molar-refractivity contribution is -0.752. The smallest absolute Gasteiger partial charge is 0.289 e. The van der Waals surface area contributed by atoms with E-state index in [4.69, 9.17) is 21.5 Å². The van der Waals surface area contributed by atoms with Crippen molar-refractivity contribution in [3.8, 4) is 5.75 Å². The fraction of sp³-hybridized carbons (Fsp3) is 0.320. The van der Waals surface area contributed by atoms with E-state index in [1.165, 1.54) is 33.7 Å². The van der Waals surface area contributed by atoms with E-state index in [0.717, 1.165) is 5.56 Å². The molecule has 0 saturated carbocycles. The van der Waals surface area contributed by atoms with E-state index in [1.807, 2.05) is 13.8 Å².